The monoisotopic (exact) mass is 248 g/mol. The number of fused-ring (bicyclic) bond motifs is 1. The number of aryl methyl sites for hydroxylation is 1. The number of nitrogens with one attached hydrogen (secondary N) is 1. The summed E-state index contributed by atoms with van der Waals surface area (Å²) < 4.78 is 0. The molecule has 0 fully saturated rings. The Hall–Kier alpha value is -1.16. The van der Waals surface area contributed by atoms with E-state index in [0.717, 1.165) is 38.2 Å². The number of rotatable bonds is 5. The lowest BCUT2D eigenvalue weighted by atomic mass is 10.1. The second kappa shape index (κ2) is 6.69. The van der Waals surface area contributed by atoms with E-state index in [1.54, 1.807) is 6.33 Å². The molecule has 1 aromatic heterocycles. The second-order valence-corrected chi connectivity index (χ2v) is 5.29. The Morgan fingerprint density at radius 2 is 2.00 bits per heavy atom. The average Bonchev–Trinajstić information content (AvgIpc) is 2.60. The lowest BCUT2D eigenvalue weighted by molar-refractivity contribution is 0.405. The first-order chi connectivity index (χ1) is 8.77. The molecular formula is C14H24N4. The van der Waals surface area contributed by atoms with Crippen molar-refractivity contribution in [3.63, 3.8) is 0 Å². The van der Waals surface area contributed by atoms with Gasteiger partial charge in [-0.05, 0) is 52.7 Å². The molecule has 0 radical (unpaired) electrons. The van der Waals surface area contributed by atoms with Crippen LogP contribution in [0.5, 0.6) is 0 Å². The first-order valence-corrected chi connectivity index (χ1v) is 6.98. The molecule has 0 saturated heterocycles. The largest absolute Gasteiger partial charge is 0.370 e. The lowest BCUT2D eigenvalue weighted by Gasteiger charge is -2.13. The zero-order chi connectivity index (χ0) is 12.8. The van der Waals surface area contributed by atoms with Gasteiger partial charge < -0.3 is 10.2 Å². The fourth-order valence-electron chi connectivity index (χ4n) is 2.45. The highest BCUT2D eigenvalue weighted by atomic mass is 15.1. The van der Waals surface area contributed by atoms with Gasteiger partial charge in [-0.1, -0.05) is 6.42 Å². The predicted molar refractivity (Wildman–Crippen MR) is 75.0 cm³/mol. The molecule has 0 bridgehead atoms. The van der Waals surface area contributed by atoms with Gasteiger partial charge in [-0.3, -0.25) is 0 Å². The van der Waals surface area contributed by atoms with Gasteiger partial charge in [0.25, 0.3) is 0 Å². The smallest absolute Gasteiger partial charge is 0.132 e. The van der Waals surface area contributed by atoms with Crippen LogP contribution < -0.4 is 5.32 Å². The minimum atomic E-state index is 0.988. The lowest BCUT2D eigenvalue weighted by Crippen LogP contribution is -2.17. The number of hydrogen-bond donors (Lipinski definition) is 1. The molecule has 4 nitrogen and oxygen atoms in total. The minimum Gasteiger partial charge on any atom is -0.370 e. The van der Waals surface area contributed by atoms with Crippen LogP contribution in [0.25, 0.3) is 0 Å². The van der Waals surface area contributed by atoms with Crippen molar-refractivity contribution < 1.29 is 0 Å². The molecule has 18 heavy (non-hydrogen) atoms. The first kappa shape index (κ1) is 13.3. The predicted octanol–water partition coefficient (Wildman–Crippen LogP) is 2.11. The topological polar surface area (TPSA) is 41.0 Å². The van der Waals surface area contributed by atoms with E-state index in [1.165, 1.54) is 30.5 Å². The Morgan fingerprint density at radius 3 is 2.83 bits per heavy atom. The SMILES string of the molecule is CN(C)CCCNc1ncnc2c1CCCCC2. The maximum Gasteiger partial charge on any atom is 0.132 e. The maximum absolute atomic E-state index is 4.44. The van der Waals surface area contributed by atoms with Gasteiger partial charge in [0.05, 0.1) is 0 Å². The summed E-state index contributed by atoms with van der Waals surface area (Å²) >= 11 is 0. The molecule has 1 aromatic rings. The molecule has 0 amide bonds. The molecule has 1 heterocycles. The van der Waals surface area contributed by atoms with Gasteiger partial charge in [0.15, 0.2) is 0 Å². The summed E-state index contributed by atoms with van der Waals surface area (Å²) in [6, 6.07) is 0. The molecule has 0 unspecified atom stereocenters. The molecule has 1 N–H and O–H groups in total. The van der Waals surface area contributed by atoms with E-state index in [2.05, 4.69) is 34.3 Å². The van der Waals surface area contributed by atoms with Gasteiger partial charge in [0, 0.05) is 17.8 Å². The molecule has 0 atom stereocenters. The minimum absolute atomic E-state index is 0.988. The number of hydrogen-bond acceptors (Lipinski definition) is 4. The van der Waals surface area contributed by atoms with Gasteiger partial charge in [-0.15, -0.1) is 0 Å². The van der Waals surface area contributed by atoms with Gasteiger partial charge in [-0.2, -0.15) is 0 Å². The Kier molecular flexibility index (Phi) is 4.93. The van der Waals surface area contributed by atoms with E-state index in [4.69, 9.17) is 0 Å². The van der Waals surface area contributed by atoms with Crippen molar-refractivity contribution in [1.82, 2.24) is 14.9 Å². The fraction of sp³-hybridized carbons (Fsp3) is 0.714. The van der Waals surface area contributed by atoms with Crippen LogP contribution in [0.1, 0.15) is 36.9 Å². The molecule has 1 aliphatic rings. The van der Waals surface area contributed by atoms with Crippen LogP contribution in [-0.4, -0.2) is 42.1 Å². The van der Waals surface area contributed by atoms with Crippen molar-refractivity contribution in [2.45, 2.75) is 38.5 Å². The second-order valence-electron chi connectivity index (χ2n) is 5.29. The maximum atomic E-state index is 4.44. The molecular weight excluding hydrogens is 224 g/mol. The summed E-state index contributed by atoms with van der Waals surface area (Å²) in [6.45, 7) is 2.10. The standard InChI is InChI=1S/C14H24N4/c1-18(2)10-6-9-15-14-12-7-4-3-5-8-13(12)16-11-17-14/h11H,3-10H2,1-2H3,(H,15,16,17). The molecule has 0 spiro atoms. The molecule has 100 valence electrons. The van der Waals surface area contributed by atoms with Crippen molar-refractivity contribution in [2.24, 2.45) is 0 Å². The molecule has 0 saturated carbocycles. The van der Waals surface area contributed by atoms with Crippen LogP contribution in [-0.2, 0) is 12.8 Å². The van der Waals surface area contributed by atoms with Gasteiger partial charge >= 0.3 is 0 Å². The average molecular weight is 248 g/mol. The molecule has 0 aromatic carbocycles. The molecule has 0 aliphatic heterocycles. The summed E-state index contributed by atoms with van der Waals surface area (Å²) in [7, 11) is 4.22. The van der Waals surface area contributed by atoms with Crippen molar-refractivity contribution in [2.75, 3.05) is 32.5 Å². The quantitative estimate of drug-likeness (QED) is 0.640. The van der Waals surface area contributed by atoms with Crippen LogP contribution >= 0.6 is 0 Å². The fourth-order valence-corrected chi connectivity index (χ4v) is 2.45. The zero-order valence-electron chi connectivity index (χ0n) is 11.6. The van der Waals surface area contributed by atoms with E-state index in [0.29, 0.717) is 0 Å². The normalized spacial score (nSPS) is 15.3. The summed E-state index contributed by atoms with van der Waals surface area (Å²) in [4.78, 5) is 11.1. The van der Waals surface area contributed by atoms with E-state index < -0.39 is 0 Å². The molecule has 2 rings (SSSR count). The van der Waals surface area contributed by atoms with Crippen molar-refractivity contribution in [1.29, 1.82) is 0 Å². The summed E-state index contributed by atoms with van der Waals surface area (Å²) in [5.74, 6) is 1.07. The van der Waals surface area contributed by atoms with Gasteiger partial charge in [0.1, 0.15) is 12.1 Å². The highest BCUT2D eigenvalue weighted by Gasteiger charge is 2.13. The van der Waals surface area contributed by atoms with Crippen LogP contribution in [0.4, 0.5) is 5.82 Å². The number of anilines is 1. The Morgan fingerprint density at radius 1 is 1.17 bits per heavy atom. The van der Waals surface area contributed by atoms with Gasteiger partial charge in [-0.25, -0.2) is 9.97 Å². The number of nitrogens with zero attached hydrogens (tertiary/aromatic N) is 3. The zero-order valence-corrected chi connectivity index (χ0v) is 11.6. The van der Waals surface area contributed by atoms with Crippen LogP contribution in [0, 0.1) is 0 Å². The molecule has 1 aliphatic carbocycles. The van der Waals surface area contributed by atoms with Crippen molar-refractivity contribution >= 4 is 5.82 Å². The summed E-state index contributed by atoms with van der Waals surface area (Å²) in [5, 5.41) is 3.48. The van der Waals surface area contributed by atoms with Crippen molar-refractivity contribution in [3.8, 4) is 0 Å². The number of aromatic nitrogens is 2. The van der Waals surface area contributed by atoms with Crippen LogP contribution in [0.3, 0.4) is 0 Å². The van der Waals surface area contributed by atoms with Crippen LogP contribution in [0.2, 0.25) is 0 Å². The van der Waals surface area contributed by atoms with E-state index >= 15 is 0 Å². The summed E-state index contributed by atoms with van der Waals surface area (Å²) in [5.41, 5.74) is 2.62. The van der Waals surface area contributed by atoms with Gasteiger partial charge in [0.2, 0.25) is 0 Å². The highest BCUT2D eigenvalue weighted by molar-refractivity contribution is 5.46. The van der Waals surface area contributed by atoms with Crippen molar-refractivity contribution in [3.05, 3.63) is 17.6 Å². The Labute approximate surface area is 110 Å². The third kappa shape index (κ3) is 3.67. The summed E-state index contributed by atoms with van der Waals surface area (Å²) in [6.07, 6.45) is 8.95. The Bertz CT molecular complexity index is 376. The third-order valence-corrected chi connectivity index (χ3v) is 3.45. The molecule has 4 heteroatoms. The third-order valence-electron chi connectivity index (χ3n) is 3.45. The first-order valence-electron chi connectivity index (χ1n) is 6.98. The van der Waals surface area contributed by atoms with E-state index in [1.807, 2.05) is 0 Å². The van der Waals surface area contributed by atoms with Crippen LogP contribution in [0.15, 0.2) is 6.33 Å². The van der Waals surface area contributed by atoms with E-state index in [-0.39, 0.29) is 0 Å². The Balaban J connectivity index is 1.95. The van der Waals surface area contributed by atoms with E-state index in [9.17, 15) is 0 Å². The highest BCUT2D eigenvalue weighted by Crippen LogP contribution is 2.23.